The molecule has 2 aromatic rings. The van der Waals surface area contributed by atoms with E-state index < -0.39 is 0 Å². The zero-order valence-electron chi connectivity index (χ0n) is 12.6. The van der Waals surface area contributed by atoms with E-state index in [2.05, 4.69) is 31.4 Å². The Hall–Kier alpha value is -1.87. The lowest BCUT2D eigenvalue weighted by Crippen LogP contribution is -2.36. The number of nitrogens with zero attached hydrogens (tertiary/aromatic N) is 3. The molecule has 0 aliphatic rings. The van der Waals surface area contributed by atoms with E-state index in [1.165, 1.54) is 4.90 Å². The molecule has 9 heteroatoms. The van der Waals surface area contributed by atoms with Crippen LogP contribution in [0.25, 0.3) is 11.5 Å². The number of amides is 2. The van der Waals surface area contributed by atoms with Crippen LogP contribution in [0.2, 0.25) is 0 Å². The fourth-order valence-corrected chi connectivity index (χ4v) is 2.51. The largest absolute Gasteiger partial charge is 0.411 e. The summed E-state index contributed by atoms with van der Waals surface area (Å²) in [7, 11) is 3.26. The molecule has 0 radical (unpaired) electrons. The molecular weight excluding hydrogens is 384 g/mol. The second-order valence-electron chi connectivity index (χ2n) is 4.74. The Morgan fingerprint density at radius 2 is 2.13 bits per heavy atom. The maximum Gasteiger partial charge on any atom is 0.277 e. The molecule has 0 spiro atoms. The highest BCUT2D eigenvalue weighted by molar-refractivity contribution is 9.10. The van der Waals surface area contributed by atoms with Gasteiger partial charge in [-0.15, -0.1) is 10.2 Å². The van der Waals surface area contributed by atoms with Gasteiger partial charge in [0.15, 0.2) is 0 Å². The third-order valence-corrected chi connectivity index (χ3v) is 4.05. The molecule has 1 aromatic carbocycles. The fraction of sp³-hybridized carbons (Fsp3) is 0.286. The van der Waals surface area contributed by atoms with E-state index in [0.717, 1.165) is 21.8 Å². The summed E-state index contributed by atoms with van der Waals surface area (Å²) in [6.07, 6.45) is 0. The van der Waals surface area contributed by atoms with Gasteiger partial charge in [0.1, 0.15) is 0 Å². The predicted molar refractivity (Wildman–Crippen MR) is 89.9 cm³/mol. The average molecular weight is 399 g/mol. The number of carbonyl (C=O) groups excluding carboxylic acids is 2. The molecule has 0 fully saturated rings. The summed E-state index contributed by atoms with van der Waals surface area (Å²) in [5.74, 6) is 0.0448. The van der Waals surface area contributed by atoms with Crippen molar-refractivity contribution < 1.29 is 14.0 Å². The van der Waals surface area contributed by atoms with E-state index >= 15 is 0 Å². The fourth-order valence-electron chi connectivity index (χ4n) is 1.52. The Labute approximate surface area is 146 Å². The first-order chi connectivity index (χ1) is 11.0. The van der Waals surface area contributed by atoms with Crippen molar-refractivity contribution in [2.24, 2.45) is 0 Å². The van der Waals surface area contributed by atoms with Gasteiger partial charge >= 0.3 is 0 Å². The number of benzene rings is 1. The van der Waals surface area contributed by atoms with Crippen molar-refractivity contribution >= 4 is 39.5 Å². The molecule has 0 aliphatic heterocycles. The molecule has 0 atom stereocenters. The van der Waals surface area contributed by atoms with E-state index in [0.29, 0.717) is 11.1 Å². The molecule has 7 nitrogen and oxygen atoms in total. The SMILES string of the molecule is CN(C)C(=O)CNC(=O)CSc1nnc(-c2cccc(Br)c2)o1. The van der Waals surface area contributed by atoms with Crippen molar-refractivity contribution in [3.63, 3.8) is 0 Å². The predicted octanol–water partition coefficient (Wildman–Crippen LogP) is 1.80. The molecule has 0 saturated carbocycles. The number of likely N-dealkylation sites (N-methyl/N-ethyl adjacent to an activating group) is 1. The molecular formula is C14H15BrN4O3S. The van der Waals surface area contributed by atoms with Crippen LogP contribution in [-0.2, 0) is 9.59 Å². The summed E-state index contributed by atoms with van der Waals surface area (Å²) in [6, 6.07) is 7.48. The molecule has 1 N–H and O–H groups in total. The van der Waals surface area contributed by atoms with Crippen LogP contribution in [0, 0.1) is 0 Å². The number of hydrogen-bond acceptors (Lipinski definition) is 6. The van der Waals surface area contributed by atoms with Crippen molar-refractivity contribution in [2.75, 3.05) is 26.4 Å². The van der Waals surface area contributed by atoms with Gasteiger partial charge in [-0.05, 0) is 18.2 Å². The lowest BCUT2D eigenvalue weighted by Gasteiger charge is -2.10. The summed E-state index contributed by atoms with van der Waals surface area (Å²) in [4.78, 5) is 24.4. The standard InChI is InChI=1S/C14H15BrN4O3S/c1-19(2)12(21)7-16-11(20)8-23-14-18-17-13(22-14)9-4-3-5-10(15)6-9/h3-6H,7-8H2,1-2H3,(H,16,20). The lowest BCUT2D eigenvalue weighted by atomic mass is 10.2. The zero-order chi connectivity index (χ0) is 16.8. The van der Waals surface area contributed by atoms with Gasteiger partial charge < -0.3 is 14.6 Å². The summed E-state index contributed by atoms with van der Waals surface area (Å²) in [6.45, 7) is -0.0283. The Morgan fingerprint density at radius 1 is 1.35 bits per heavy atom. The summed E-state index contributed by atoms with van der Waals surface area (Å²) in [5.41, 5.74) is 0.791. The van der Waals surface area contributed by atoms with Crippen LogP contribution >= 0.6 is 27.7 Å². The molecule has 1 heterocycles. The lowest BCUT2D eigenvalue weighted by molar-refractivity contribution is -0.130. The van der Waals surface area contributed by atoms with Gasteiger partial charge in [-0.3, -0.25) is 9.59 Å². The highest BCUT2D eigenvalue weighted by atomic mass is 79.9. The topological polar surface area (TPSA) is 88.3 Å². The van der Waals surface area contributed by atoms with E-state index in [-0.39, 0.29) is 24.1 Å². The Kier molecular flexibility index (Phi) is 6.17. The second-order valence-corrected chi connectivity index (χ2v) is 6.58. The van der Waals surface area contributed by atoms with E-state index in [1.54, 1.807) is 14.1 Å². The van der Waals surface area contributed by atoms with E-state index in [1.807, 2.05) is 24.3 Å². The van der Waals surface area contributed by atoms with Crippen molar-refractivity contribution in [1.29, 1.82) is 0 Å². The molecule has 0 saturated heterocycles. The van der Waals surface area contributed by atoms with E-state index in [4.69, 9.17) is 4.42 Å². The first kappa shape index (κ1) is 17.5. The Morgan fingerprint density at radius 3 is 2.83 bits per heavy atom. The van der Waals surface area contributed by atoms with Gasteiger partial charge in [0, 0.05) is 24.1 Å². The Balaban J connectivity index is 1.85. The molecule has 2 rings (SSSR count). The van der Waals surface area contributed by atoms with Crippen LogP contribution in [-0.4, -0.2) is 53.3 Å². The number of nitrogens with one attached hydrogen (secondary N) is 1. The van der Waals surface area contributed by atoms with Gasteiger partial charge in [0.05, 0.1) is 12.3 Å². The molecule has 0 aliphatic carbocycles. The van der Waals surface area contributed by atoms with Crippen molar-refractivity contribution in [1.82, 2.24) is 20.4 Å². The van der Waals surface area contributed by atoms with Crippen molar-refractivity contribution in [3.05, 3.63) is 28.7 Å². The van der Waals surface area contributed by atoms with Gasteiger partial charge in [0.2, 0.25) is 17.7 Å². The van der Waals surface area contributed by atoms with Crippen molar-refractivity contribution in [3.8, 4) is 11.5 Å². The van der Waals surface area contributed by atoms with Gasteiger partial charge in [-0.1, -0.05) is 33.8 Å². The summed E-state index contributed by atoms with van der Waals surface area (Å²) < 4.78 is 6.41. The van der Waals surface area contributed by atoms with Crippen LogP contribution in [0.1, 0.15) is 0 Å². The second kappa shape index (κ2) is 8.11. The first-order valence-corrected chi connectivity index (χ1v) is 8.42. The number of thioether (sulfide) groups is 1. The van der Waals surface area contributed by atoms with Crippen LogP contribution in [0.3, 0.4) is 0 Å². The normalized spacial score (nSPS) is 10.4. The molecule has 1 aromatic heterocycles. The smallest absolute Gasteiger partial charge is 0.277 e. The molecule has 0 unspecified atom stereocenters. The number of aromatic nitrogens is 2. The van der Waals surface area contributed by atoms with Gasteiger partial charge in [0.25, 0.3) is 5.22 Å². The highest BCUT2D eigenvalue weighted by Crippen LogP contribution is 2.25. The van der Waals surface area contributed by atoms with Gasteiger partial charge in [-0.2, -0.15) is 0 Å². The molecule has 122 valence electrons. The quantitative estimate of drug-likeness (QED) is 0.746. The van der Waals surface area contributed by atoms with Crippen molar-refractivity contribution in [2.45, 2.75) is 5.22 Å². The third-order valence-electron chi connectivity index (χ3n) is 2.74. The van der Waals surface area contributed by atoms with Crippen LogP contribution in [0.5, 0.6) is 0 Å². The number of hydrogen-bond donors (Lipinski definition) is 1. The van der Waals surface area contributed by atoms with Crippen LogP contribution in [0.15, 0.2) is 38.4 Å². The number of halogens is 1. The van der Waals surface area contributed by atoms with E-state index in [9.17, 15) is 9.59 Å². The number of rotatable bonds is 6. The highest BCUT2D eigenvalue weighted by Gasteiger charge is 2.12. The maximum atomic E-state index is 11.7. The molecule has 2 amide bonds. The Bertz CT molecular complexity index is 705. The molecule has 0 bridgehead atoms. The minimum Gasteiger partial charge on any atom is -0.411 e. The third kappa shape index (κ3) is 5.36. The van der Waals surface area contributed by atoms with Gasteiger partial charge in [-0.25, -0.2) is 0 Å². The summed E-state index contributed by atoms with van der Waals surface area (Å²) in [5, 5.41) is 10.7. The number of carbonyl (C=O) groups is 2. The van der Waals surface area contributed by atoms with Crippen LogP contribution in [0.4, 0.5) is 0 Å². The minimum absolute atomic E-state index is 0.0283. The maximum absolute atomic E-state index is 11.7. The van der Waals surface area contributed by atoms with Crippen LogP contribution < -0.4 is 5.32 Å². The molecule has 23 heavy (non-hydrogen) atoms. The average Bonchev–Trinajstić information content (AvgIpc) is 2.99. The minimum atomic E-state index is -0.271. The summed E-state index contributed by atoms with van der Waals surface area (Å²) >= 11 is 4.50. The monoisotopic (exact) mass is 398 g/mol. The first-order valence-electron chi connectivity index (χ1n) is 6.65. The zero-order valence-corrected chi connectivity index (χ0v) is 15.0.